The normalized spacial score (nSPS) is 10.9. The Morgan fingerprint density at radius 3 is 2.44 bits per heavy atom. The van der Waals surface area contributed by atoms with Crippen LogP contribution in [0.25, 0.3) is 15.3 Å². The van der Waals surface area contributed by atoms with Crippen molar-refractivity contribution in [3.8, 4) is 22.4 Å². The number of benzene rings is 2. The van der Waals surface area contributed by atoms with Crippen LogP contribution < -0.4 is 19.5 Å². The second-order valence-electron chi connectivity index (χ2n) is 7.13. The number of para-hydroxylation sites is 1. The van der Waals surface area contributed by atoms with Gasteiger partial charge in [-0.2, -0.15) is 9.78 Å². The molecule has 166 valence electrons. The van der Waals surface area contributed by atoms with Crippen LogP contribution in [0.4, 0.5) is 5.82 Å². The van der Waals surface area contributed by atoms with Gasteiger partial charge in [-0.1, -0.05) is 23.5 Å². The molecule has 1 N–H and O–H groups in total. The number of anilines is 1. The van der Waals surface area contributed by atoms with E-state index in [-0.39, 0.29) is 12.3 Å². The summed E-state index contributed by atoms with van der Waals surface area (Å²) >= 11 is 1.53. The highest BCUT2D eigenvalue weighted by molar-refractivity contribution is 7.20. The summed E-state index contributed by atoms with van der Waals surface area (Å²) in [7, 11) is 4.70. The van der Waals surface area contributed by atoms with E-state index in [1.807, 2.05) is 49.4 Å². The molecule has 0 aliphatic carbocycles. The first-order chi connectivity index (χ1) is 15.5. The maximum atomic E-state index is 12.7. The van der Waals surface area contributed by atoms with Crippen molar-refractivity contribution >= 4 is 33.3 Å². The molecule has 1 amide bonds. The van der Waals surface area contributed by atoms with Crippen molar-refractivity contribution in [2.75, 3.05) is 26.6 Å². The lowest BCUT2D eigenvalue weighted by atomic mass is 10.1. The Hall–Kier alpha value is -3.59. The van der Waals surface area contributed by atoms with Crippen LogP contribution in [0.3, 0.4) is 0 Å². The molecule has 32 heavy (non-hydrogen) atoms. The molecule has 0 saturated carbocycles. The number of ether oxygens (including phenoxy) is 3. The first-order valence-electron chi connectivity index (χ1n) is 10.0. The number of nitrogens with zero attached hydrogens (tertiary/aromatic N) is 3. The van der Waals surface area contributed by atoms with Gasteiger partial charge in [0.2, 0.25) is 16.8 Å². The number of hydrogen-bond donors (Lipinski definition) is 1. The Balaban J connectivity index is 1.50. The molecule has 0 aliphatic heterocycles. The highest BCUT2D eigenvalue weighted by atomic mass is 32.1. The fraction of sp³-hybridized carbons (Fsp3) is 0.261. The average molecular weight is 453 g/mol. The molecule has 2 heterocycles. The Kier molecular flexibility index (Phi) is 6.27. The van der Waals surface area contributed by atoms with Gasteiger partial charge < -0.3 is 19.5 Å². The highest BCUT2D eigenvalue weighted by Crippen LogP contribution is 2.38. The van der Waals surface area contributed by atoms with Crippen molar-refractivity contribution in [2.24, 2.45) is 0 Å². The maximum absolute atomic E-state index is 12.7. The van der Waals surface area contributed by atoms with Gasteiger partial charge in [0.25, 0.3) is 0 Å². The number of nitrogens with one attached hydrogen (secondary N) is 1. The van der Waals surface area contributed by atoms with Gasteiger partial charge in [0.15, 0.2) is 11.5 Å². The lowest BCUT2D eigenvalue weighted by molar-refractivity contribution is -0.116. The molecule has 9 heteroatoms. The van der Waals surface area contributed by atoms with Crippen molar-refractivity contribution in [3.63, 3.8) is 0 Å². The van der Waals surface area contributed by atoms with Crippen molar-refractivity contribution < 1.29 is 19.0 Å². The van der Waals surface area contributed by atoms with Gasteiger partial charge in [-0.3, -0.25) is 4.79 Å². The van der Waals surface area contributed by atoms with Crippen molar-refractivity contribution in [1.82, 2.24) is 14.8 Å². The smallest absolute Gasteiger partial charge is 0.225 e. The fourth-order valence-electron chi connectivity index (χ4n) is 3.43. The molecule has 0 unspecified atom stereocenters. The van der Waals surface area contributed by atoms with Crippen LogP contribution in [-0.2, 0) is 11.2 Å². The first-order valence-corrected chi connectivity index (χ1v) is 10.9. The van der Waals surface area contributed by atoms with Crippen LogP contribution in [0, 0.1) is 6.92 Å². The predicted octanol–water partition coefficient (Wildman–Crippen LogP) is 4.39. The Morgan fingerprint density at radius 1 is 1.06 bits per heavy atom. The molecular formula is C23H24N4O4S. The summed E-state index contributed by atoms with van der Waals surface area (Å²) in [6.45, 7) is 1.88. The Morgan fingerprint density at radius 2 is 1.78 bits per heavy atom. The zero-order chi connectivity index (χ0) is 22.7. The second-order valence-corrected chi connectivity index (χ2v) is 8.14. The van der Waals surface area contributed by atoms with E-state index in [0.717, 1.165) is 21.5 Å². The van der Waals surface area contributed by atoms with Gasteiger partial charge in [0.1, 0.15) is 5.82 Å². The fourth-order valence-corrected chi connectivity index (χ4v) is 4.36. The largest absolute Gasteiger partial charge is 0.493 e. The van der Waals surface area contributed by atoms with E-state index in [0.29, 0.717) is 34.6 Å². The minimum absolute atomic E-state index is 0.124. The molecular weight excluding hydrogens is 428 g/mol. The van der Waals surface area contributed by atoms with E-state index in [2.05, 4.69) is 15.4 Å². The van der Waals surface area contributed by atoms with Gasteiger partial charge in [-0.15, -0.1) is 0 Å². The van der Waals surface area contributed by atoms with E-state index in [1.165, 1.54) is 11.3 Å². The molecule has 2 aromatic carbocycles. The number of rotatable bonds is 8. The van der Waals surface area contributed by atoms with Crippen LogP contribution >= 0.6 is 11.3 Å². The first kappa shape index (κ1) is 21.6. The second kappa shape index (κ2) is 9.27. The summed E-state index contributed by atoms with van der Waals surface area (Å²) in [6.07, 6.45) is 0.791. The van der Waals surface area contributed by atoms with Crippen molar-refractivity contribution in [2.45, 2.75) is 19.8 Å². The molecule has 0 spiro atoms. The third kappa shape index (κ3) is 4.38. The van der Waals surface area contributed by atoms with E-state index in [9.17, 15) is 4.79 Å². The predicted molar refractivity (Wildman–Crippen MR) is 125 cm³/mol. The number of thiazole rings is 1. The standard InChI is InChI=1S/C23H24N4O4S/c1-14-11-20(27(26-14)23-24-16-7-5-6-8-19(16)32-23)25-21(28)10-9-15-12-17(29-2)22(31-4)18(13-15)30-3/h5-8,11-13H,9-10H2,1-4H3,(H,25,28). The SMILES string of the molecule is COc1cc(CCC(=O)Nc2cc(C)nn2-c2nc3ccccc3s2)cc(OC)c1OC. The molecule has 0 radical (unpaired) electrons. The topological polar surface area (TPSA) is 87.5 Å². The van der Waals surface area contributed by atoms with E-state index < -0.39 is 0 Å². The number of carbonyl (C=O) groups excluding carboxylic acids is 1. The number of aromatic nitrogens is 3. The zero-order valence-corrected chi connectivity index (χ0v) is 19.2. The summed E-state index contributed by atoms with van der Waals surface area (Å²) in [5.41, 5.74) is 2.61. The summed E-state index contributed by atoms with van der Waals surface area (Å²) in [6, 6.07) is 13.4. The van der Waals surface area contributed by atoms with Gasteiger partial charge in [-0.05, 0) is 43.2 Å². The Labute approximate surface area is 189 Å². The van der Waals surface area contributed by atoms with Crippen molar-refractivity contribution in [3.05, 3.63) is 53.7 Å². The van der Waals surface area contributed by atoms with Crippen molar-refractivity contribution in [1.29, 1.82) is 0 Å². The number of aryl methyl sites for hydroxylation is 2. The van der Waals surface area contributed by atoms with E-state index in [4.69, 9.17) is 14.2 Å². The molecule has 4 rings (SSSR count). The Bertz CT molecular complexity index is 1210. The monoisotopic (exact) mass is 452 g/mol. The summed E-state index contributed by atoms with van der Waals surface area (Å²) in [5, 5.41) is 8.19. The van der Waals surface area contributed by atoms with Crippen LogP contribution in [0.15, 0.2) is 42.5 Å². The lowest BCUT2D eigenvalue weighted by Crippen LogP contribution is -2.15. The number of amides is 1. The highest BCUT2D eigenvalue weighted by Gasteiger charge is 2.16. The minimum Gasteiger partial charge on any atom is -0.493 e. The molecule has 0 saturated heterocycles. The van der Waals surface area contributed by atoms with Gasteiger partial charge >= 0.3 is 0 Å². The number of methoxy groups -OCH3 is 3. The van der Waals surface area contributed by atoms with Crippen LogP contribution in [0.2, 0.25) is 0 Å². The summed E-state index contributed by atoms with van der Waals surface area (Å²) in [5.74, 6) is 2.12. The molecule has 0 bridgehead atoms. The lowest BCUT2D eigenvalue weighted by Gasteiger charge is -2.14. The van der Waals surface area contributed by atoms with E-state index in [1.54, 1.807) is 26.0 Å². The van der Waals surface area contributed by atoms with E-state index >= 15 is 0 Å². The summed E-state index contributed by atoms with van der Waals surface area (Å²) < 4.78 is 18.9. The molecule has 0 atom stereocenters. The van der Waals surface area contributed by atoms with Gasteiger partial charge in [0, 0.05) is 12.5 Å². The molecule has 0 aliphatic rings. The molecule has 0 fully saturated rings. The van der Waals surface area contributed by atoms with Crippen LogP contribution in [0.1, 0.15) is 17.7 Å². The third-order valence-corrected chi connectivity index (χ3v) is 5.94. The number of fused-ring (bicyclic) bond motifs is 1. The molecule has 4 aromatic rings. The van der Waals surface area contributed by atoms with Crippen LogP contribution in [0.5, 0.6) is 17.2 Å². The number of hydrogen-bond acceptors (Lipinski definition) is 7. The average Bonchev–Trinajstić information content (AvgIpc) is 3.39. The maximum Gasteiger partial charge on any atom is 0.225 e. The minimum atomic E-state index is -0.124. The third-order valence-electron chi connectivity index (χ3n) is 4.93. The quantitative estimate of drug-likeness (QED) is 0.427. The summed E-state index contributed by atoms with van der Waals surface area (Å²) in [4.78, 5) is 17.4. The zero-order valence-electron chi connectivity index (χ0n) is 18.3. The number of carbonyl (C=O) groups is 1. The van der Waals surface area contributed by atoms with Gasteiger partial charge in [0.05, 0.1) is 37.2 Å². The van der Waals surface area contributed by atoms with Crippen LogP contribution in [-0.4, -0.2) is 42.0 Å². The molecule has 8 nitrogen and oxygen atoms in total. The van der Waals surface area contributed by atoms with Gasteiger partial charge in [-0.25, -0.2) is 4.98 Å². The molecule has 2 aromatic heterocycles.